The van der Waals surface area contributed by atoms with E-state index in [0.29, 0.717) is 5.95 Å². The van der Waals surface area contributed by atoms with Crippen molar-refractivity contribution in [3.05, 3.63) is 48.5 Å². The van der Waals surface area contributed by atoms with Gasteiger partial charge in [-0.15, -0.1) is 0 Å². The quantitative estimate of drug-likeness (QED) is 0.710. The van der Waals surface area contributed by atoms with Gasteiger partial charge in [0.1, 0.15) is 5.82 Å². The molecule has 0 aliphatic carbocycles. The number of nitrogens with one attached hydrogen (secondary N) is 2. The fourth-order valence-corrected chi connectivity index (χ4v) is 2.80. The summed E-state index contributed by atoms with van der Waals surface area (Å²) in [5.41, 5.74) is 3.11. The largest absolute Gasteiger partial charge is 0.372 e. The summed E-state index contributed by atoms with van der Waals surface area (Å²) in [5, 5.41) is 7.45. The lowest BCUT2D eigenvalue weighted by Crippen LogP contribution is -2.21. The third kappa shape index (κ3) is 3.25. The second kappa shape index (κ2) is 7.17. The minimum Gasteiger partial charge on any atom is -0.372 e. The molecule has 2 N–H and O–H groups in total. The van der Waals surface area contributed by atoms with Crippen molar-refractivity contribution in [2.75, 3.05) is 35.7 Å². The van der Waals surface area contributed by atoms with E-state index in [4.69, 9.17) is 0 Å². The SMILES string of the molecule is CCN(CC)c1ccc(Nc2nc(NC)c3ccccc3n2)cc1. The Morgan fingerprint density at radius 3 is 2.29 bits per heavy atom. The lowest BCUT2D eigenvalue weighted by Gasteiger charge is -2.21. The van der Waals surface area contributed by atoms with E-state index in [2.05, 4.69) is 63.6 Å². The predicted octanol–water partition coefficient (Wildman–Crippen LogP) is 4.26. The fourth-order valence-electron chi connectivity index (χ4n) is 2.80. The van der Waals surface area contributed by atoms with Crippen molar-refractivity contribution in [2.24, 2.45) is 0 Å². The molecule has 0 aliphatic heterocycles. The lowest BCUT2D eigenvalue weighted by molar-refractivity contribution is 0.866. The van der Waals surface area contributed by atoms with Crippen LogP contribution >= 0.6 is 0 Å². The Morgan fingerprint density at radius 2 is 1.62 bits per heavy atom. The number of fused-ring (bicyclic) bond motifs is 1. The number of rotatable bonds is 6. The van der Waals surface area contributed by atoms with Crippen LogP contribution in [0.5, 0.6) is 0 Å². The van der Waals surface area contributed by atoms with Crippen LogP contribution in [-0.4, -0.2) is 30.1 Å². The van der Waals surface area contributed by atoms with Crippen LogP contribution in [0.3, 0.4) is 0 Å². The molecule has 5 heteroatoms. The van der Waals surface area contributed by atoms with Crippen molar-refractivity contribution in [3.63, 3.8) is 0 Å². The lowest BCUT2D eigenvalue weighted by atomic mass is 10.2. The highest BCUT2D eigenvalue weighted by atomic mass is 15.1. The molecule has 1 heterocycles. The van der Waals surface area contributed by atoms with Crippen LogP contribution in [0, 0.1) is 0 Å². The first kappa shape index (κ1) is 16.1. The van der Waals surface area contributed by atoms with Crippen molar-refractivity contribution in [2.45, 2.75) is 13.8 Å². The zero-order valence-electron chi connectivity index (χ0n) is 14.4. The number of aromatic nitrogens is 2. The summed E-state index contributed by atoms with van der Waals surface area (Å²) in [4.78, 5) is 11.5. The highest BCUT2D eigenvalue weighted by molar-refractivity contribution is 5.90. The molecule has 0 unspecified atom stereocenters. The van der Waals surface area contributed by atoms with Gasteiger partial charge >= 0.3 is 0 Å². The van der Waals surface area contributed by atoms with Crippen molar-refractivity contribution in [1.29, 1.82) is 0 Å². The van der Waals surface area contributed by atoms with Gasteiger partial charge in [0.25, 0.3) is 0 Å². The first-order valence-corrected chi connectivity index (χ1v) is 8.31. The maximum atomic E-state index is 4.60. The van der Waals surface area contributed by atoms with Crippen molar-refractivity contribution >= 4 is 34.0 Å². The van der Waals surface area contributed by atoms with Gasteiger partial charge < -0.3 is 15.5 Å². The van der Waals surface area contributed by atoms with Gasteiger partial charge in [0.05, 0.1) is 5.52 Å². The molecular weight excluding hydrogens is 298 g/mol. The van der Waals surface area contributed by atoms with E-state index in [9.17, 15) is 0 Å². The van der Waals surface area contributed by atoms with Gasteiger partial charge in [0, 0.05) is 36.9 Å². The average molecular weight is 321 g/mol. The predicted molar refractivity (Wildman–Crippen MR) is 102 cm³/mol. The van der Waals surface area contributed by atoms with Gasteiger partial charge in [-0.3, -0.25) is 0 Å². The molecule has 0 amide bonds. The number of anilines is 4. The van der Waals surface area contributed by atoms with Gasteiger partial charge in [-0.25, -0.2) is 4.98 Å². The van der Waals surface area contributed by atoms with Crippen molar-refractivity contribution < 1.29 is 0 Å². The smallest absolute Gasteiger partial charge is 0.229 e. The maximum Gasteiger partial charge on any atom is 0.229 e. The summed E-state index contributed by atoms with van der Waals surface area (Å²) >= 11 is 0. The van der Waals surface area contributed by atoms with E-state index in [1.807, 2.05) is 31.3 Å². The third-order valence-corrected chi connectivity index (χ3v) is 4.09. The monoisotopic (exact) mass is 321 g/mol. The summed E-state index contributed by atoms with van der Waals surface area (Å²) < 4.78 is 0. The summed E-state index contributed by atoms with van der Waals surface area (Å²) in [5.74, 6) is 1.41. The number of para-hydroxylation sites is 1. The Bertz CT molecular complexity index is 810. The highest BCUT2D eigenvalue weighted by Crippen LogP contribution is 2.24. The number of hydrogen-bond donors (Lipinski definition) is 2. The van der Waals surface area contributed by atoms with Gasteiger partial charge in [0.2, 0.25) is 5.95 Å². The Labute approximate surface area is 142 Å². The molecule has 0 saturated heterocycles. The highest BCUT2D eigenvalue weighted by Gasteiger charge is 2.07. The minimum absolute atomic E-state index is 0.591. The van der Waals surface area contributed by atoms with Crippen LogP contribution in [0.15, 0.2) is 48.5 Å². The number of benzene rings is 2. The van der Waals surface area contributed by atoms with Crippen LogP contribution in [0.4, 0.5) is 23.1 Å². The summed E-state index contributed by atoms with van der Waals surface area (Å²) in [6, 6.07) is 16.3. The van der Waals surface area contributed by atoms with Gasteiger partial charge in [-0.1, -0.05) is 12.1 Å². The van der Waals surface area contributed by atoms with Crippen LogP contribution in [0.25, 0.3) is 10.9 Å². The molecule has 124 valence electrons. The molecule has 0 atom stereocenters. The molecule has 0 radical (unpaired) electrons. The fraction of sp³-hybridized carbons (Fsp3) is 0.263. The average Bonchev–Trinajstić information content (AvgIpc) is 2.63. The molecule has 2 aromatic carbocycles. The molecule has 24 heavy (non-hydrogen) atoms. The first-order chi connectivity index (χ1) is 11.7. The molecular formula is C19H23N5. The standard InChI is InChI=1S/C19H23N5/c1-4-24(5-2)15-12-10-14(11-13-15)21-19-22-17-9-7-6-8-16(17)18(20-3)23-19/h6-13H,4-5H2,1-3H3,(H2,20,21,22,23). The van der Waals surface area contributed by atoms with E-state index < -0.39 is 0 Å². The number of hydrogen-bond acceptors (Lipinski definition) is 5. The Balaban J connectivity index is 1.87. The van der Waals surface area contributed by atoms with Crippen molar-refractivity contribution in [1.82, 2.24) is 9.97 Å². The topological polar surface area (TPSA) is 53.1 Å². The Morgan fingerprint density at radius 1 is 0.917 bits per heavy atom. The van der Waals surface area contributed by atoms with Gasteiger partial charge in [-0.2, -0.15) is 4.98 Å². The summed E-state index contributed by atoms with van der Waals surface area (Å²) in [7, 11) is 1.87. The zero-order chi connectivity index (χ0) is 16.9. The summed E-state index contributed by atoms with van der Waals surface area (Å²) in [6.07, 6.45) is 0. The molecule has 3 aromatic rings. The molecule has 0 bridgehead atoms. The minimum atomic E-state index is 0.591. The first-order valence-electron chi connectivity index (χ1n) is 8.31. The molecule has 5 nitrogen and oxygen atoms in total. The molecule has 3 rings (SSSR count). The van der Waals surface area contributed by atoms with E-state index in [1.54, 1.807) is 0 Å². The van der Waals surface area contributed by atoms with Crippen LogP contribution < -0.4 is 15.5 Å². The second-order valence-corrected chi connectivity index (χ2v) is 5.51. The second-order valence-electron chi connectivity index (χ2n) is 5.51. The van der Waals surface area contributed by atoms with E-state index in [0.717, 1.165) is 35.5 Å². The number of nitrogens with zero attached hydrogens (tertiary/aromatic N) is 3. The van der Waals surface area contributed by atoms with Crippen LogP contribution in [-0.2, 0) is 0 Å². The van der Waals surface area contributed by atoms with E-state index >= 15 is 0 Å². The van der Waals surface area contributed by atoms with E-state index in [-0.39, 0.29) is 0 Å². The molecule has 1 aromatic heterocycles. The Kier molecular flexibility index (Phi) is 4.79. The molecule has 0 spiro atoms. The maximum absolute atomic E-state index is 4.60. The van der Waals surface area contributed by atoms with Crippen LogP contribution in [0.1, 0.15) is 13.8 Å². The van der Waals surface area contributed by atoms with Gasteiger partial charge in [-0.05, 0) is 50.2 Å². The molecule has 0 aliphatic rings. The van der Waals surface area contributed by atoms with E-state index in [1.165, 1.54) is 5.69 Å². The zero-order valence-corrected chi connectivity index (χ0v) is 14.4. The summed E-state index contributed by atoms with van der Waals surface area (Å²) in [6.45, 7) is 6.33. The van der Waals surface area contributed by atoms with Crippen molar-refractivity contribution in [3.8, 4) is 0 Å². The Hall–Kier alpha value is -2.82. The van der Waals surface area contributed by atoms with Crippen LogP contribution in [0.2, 0.25) is 0 Å². The van der Waals surface area contributed by atoms with Gasteiger partial charge in [0.15, 0.2) is 0 Å². The third-order valence-electron chi connectivity index (χ3n) is 4.09. The molecule has 0 fully saturated rings. The molecule has 0 saturated carbocycles. The normalized spacial score (nSPS) is 10.6.